The molecule has 0 aromatic heterocycles. The van der Waals surface area contributed by atoms with Crippen LogP contribution in [-0.2, 0) is 30.3 Å². The van der Waals surface area contributed by atoms with Crippen molar-refractivity contribution in [3.8, 4) is 0 Å². The van der Waals surface area contributed by atoms with Crippen molar-refractivity contribution in [2.75, 3.05) is 19.8 Å². The molecule has 1 saturated carbocycles. The monoisotopic (exact) mass is 534 g/mol. The Morgan fingerprint density at radius 3 is 2.51 bits per heavy atom. The first kappa shape index (κ1) is 26.3. The second kappa shape index (κ2) is 10.2. The Morgan fingerprint density at radius 2 is 1.77 bits per heavy atom. The Hall–Kier alpha value is -2.97. The summed E-state index contributed by atoms with van der Waals surface area (Å²) >= 11 is 0. The number of hydrogen-bond acceptors (Lipinski definition) is 6. The lowest BCUT2D eigenvalue weighted by Gasteiger charge is -2.42. The highest BCUT2D eigenvalue weighted by atomic mass is 16.6. The number of likely N-dealkylation sites (tertiary alicyclic amines) is 1. The van der Waals surface area contributed by atoms with Gasteiger partial charge in [0.15, 0.2) is 0 Å². The number of rotatable bonds is 5. The predicted molar refractivity (Wildman–Crippen MR) is 143 cm³/mol. The van der Waals surface area contributed by atoms with Gasteiger partial charge in [-0.2, -0.15) is 0 Å². The van der Waals surface area contributed by atoms with Crippen LogP contribution in [0.15, 0.2) is 54.6 Å². The third-order valence-corrected chi connectivity index (χ3v) is 9.42. The number of cyclic esters (lactones) is 1. The number of aliphatic hydroxyl groups excluding tert-OH is 1. The molecule has 8 heteroatoms. The van der Waals surface area contributed by atoms with Gasteiger partial charge < -0.3 is 24.4 Å². The lowest BCUT2D eigenvalue weighted by molar-refractivity contribution is -0.162. The molecule has 1 spiro atoms. The zero-order valence-corrected chi connectivity index (χ0v) is 22.5. The summed E-state index contributed by atoms with van der Waals surface area (Å²) in [7, 11) is 0. The molecule has 1 aromatic rings. The molecule has 4 heterocycles. The van der Waals surface area contributed by atoms with E-state index in [0.29, 0.717) is 19.4 Å². The third-order valence-electron chi connectivity index (χ3n) is 9.42. The van der Waals surface area contributed by atoms with E-state index < -0.39 is 41.1 Å². The van der Waals surface area contributed by atoms with Gasteiger partial charge in [0.1, 0.15) is 17.6 Å². The van der Waals surface area contributed by atoms with Crippen molar-refractivity contribution >= 4 is 17.8 Å². The lowest BCUT2D eigenvalue weighted by Crippen LogP contribution is -2.60. The van der Waals surface area contributed by atoms with E-state index in [9.17, 15) is 19.5 Å². The van der Waals surface area contributed by atoms with Crippen molar-refractivity contribution in [3.63, 3.8) is 0 Å². The van der Waals surface area contributed by atoms with E-state index in [1.807, 2.05) is 66.5 Å². The zero-order chi connectivity index (χ0) is 27.2. The smallest absolute Gasteiger partial charge is 0.313 e. The van der Waals surface area contributed by atoms with E-state index in [4.69, 9.17) is 9.47 Å². The van der Waals surface area contributed by atoms with Crippen LogP contribution in [0.1, 0.15) is 51.0 Å². The standard InChI is InChI=1S/C31H38N2O6/c1-30-15-8-9-18-38-29(37)25(30)24-27(35)33(23(20-34)19-21-11-4-2-5-12-21)26-28(36)32(22-13-6-3-7-14-22)17-10-16-31(24,26)39-30/h2,4-5,8,10-12,15-16,22-26,34H,3,6-7,9,13-14,17-20H2,1H3/t23-,24+,25+,26?,30-,31+/m1/s1. The minimum atomic E-state index is -1.34. The topological polar surface area (TPSA) is 96.4 Å². The molecule has 2 amide bonds. The Balaban J connectivity index is 1.47. The minimum absolute atomic E-state index is 0.0966. The van der Waals surface area contributed by atoms with E-state index >= 15 is 0 Å². The van der Waals surface area contributed by atoms with Gasteiger partial charge in [-0.3, -0.25) is 14.4 Å². The summed E-state index contributed by atoms with van der Waals surface area (Å²) in [4.78, 5) is 46.1. The highest BCUT2D eigenvalue weighted by molar-refractivity contribution is 5.99. The molecule has 8 nitrogen and oxygen atoms in total. The summed E-state index contributed by atoms with van der Waals surface area (Å²) in [5.74, 6) is -2.80. The van der Waals surface area contributed by atoms with Gasteiger partial charge in [-0.15, -0.1) is 0 Å². The Morgan fingerprint density at radius 1 is 1.00 bits per heavy atom. The van der Waals surface area contributed by atoms with Crippen molar-refractivity contribution in [2.24, 2.45) is 11.8 Å². The summed E-state index contributed by atoms with van der Waals surface area (Å²) in [5, 5.41) is 10.6. The van der Waals surface area contributed by atoms with Gasteiger partial charge in [0.2, 0.25) is 11.8 Å². The molecule has 39 heavy (non-hydrogen) atoms. The molecule has 4 aliphatic heterocycles. The molecule has 5 aliphatic rings. The van der Waals surface area contributed by atoms with Crippen molar-refractivity contribution in [1.82, 2.24) is 9.80 Å². The van der Waals surface area contributed by atoms with Crippen LogP contribution in [0.25, 0.3) is 0 Å². The molecule has 6 atom stereocenters. The first-order valence-corrected chi connectivity index (χ1v) is 14.4. The molecule has 1 aromatic carbocycles. The number of carbonyl (C=O) groups excluding carboxylic acids is 3. The first-order valence-electron chi connectivity index (χ1n) is 14.4. The van der Waals surface area contributed by atoms with Gasteiger partial charge in [-0.25, -0.2) is 0 Å². The van der Waals surface area contributed by atoms with E-state index in [1.54, 1.807) is 4.90 Å². The highest BCUT2D eigenvalue weighted by Crippen LogP contribution is 2.57. The van der Waals surface area contributed by atoms with Gasteiger partial charge >= 0.3 is 5.97 Å². The van der Waals surface area contributed by atoms with E-state index in [2.05, 4.69) is 0 Å². The van der Waals surface area contributed by atoms with Gasteiger partial charge in [0, 0.05) is 12.6 Å². The fourth-order valence-electron chi connectivity index (χ4n) is 7.70. The van der Waals surface area contributed by atoms with Crippen LogP contribution in [-0.4, -0.2) is 81.8 Å². The SMILES string of the molecule is C[C@@]12C=CCCOC(=O)[C@@H]1[C@H]1C(=O)N([C@@H](CO)Cc3ccccc3)C3C(=O)N(C4CCCCC4)CC=C[C@@]31O2. The maximum Gasteiger partial charge on any atom is 0.313 e. The maximum absolute atomic E-state index is 14.6. The summed E-state index contributed by atoms with van der Waals surface area (Å²) in [6, 6.07) is 8.12. The number of esters is 1. The van der Waals surface area contributed by atoms with E-state index in [0.717, 1.165) is 37.7 Å². The van der Waals surface area contributed by atoms with Crippen molar-refractivity contribution in [1.29, 1.82) is 0 Å². The summed E-state index contributed by atoms with van der Waals surface area (Å²) in [6.45, 7) is 2.18. The molecular weight excluding hydrogens is 496 g/mol. The molecule has 2 saturated heterocycles. The van der Waals surface area contributed by atoms with Crippen LogP contribution in [0.5, 0.6) is 0 Å². The molecule has 1 unspecified atom stereocenters. The number of carbonyl (C=O) groups is 3. The lowest BCUT2D eigenvalue weighted by atomic mass is 9.74. The van der Waals surface area contributed by atoms with Crippen molar-refractivity contribution in [2.45, 2.75) is 81.2 Å². The predicted octanol–water partition coefficient (Wildman–Crippen LogP) is 2.80. The van der Waals surface area contributed by atoms with Gasteiger partial charge in [-0.05, 0) is 38.2 Å². The summed E-state index contributed by atoms with van der Waals surface area (Å²) < 4.78 is 12.4. The second-order valence-corrected chi connectivity index (χ2v) is 11.8. The van der Waals surface area contributed by atoms with Crippen LogP contribution in [0.3, 0.4) is 0 Å². The number of benzene rings is 1. The molecular formula is C31H38N2O6. The Labute approximate surface area is 229 Å². The zero-order valence-electron chi connectivity index (χ0n) is 22.5. The minimum Gasteiger partial charge on any atom is -0.465 e. The fourth-order valence-corrected chi connectivity index (χ4v) is 7.70. The molecule has 0 bridgehead atoms. The van der Waals surface area contributed by atoms with Gasteiger partial charge in [0.05, 0.1) is 30.8 Å². The average molecular weight is 535 g/mol. The first-order chi connectivity index (χ1) is 18.9. The molecule has 1 aliphatic carbocycles. The van der Waals surface area contributed by atoms with Crippen LogP contribution in [0.2, 0.25) is 0 Å². The normalized spacial score (nSPS) is 35.5. The molecule has 6 rings (SSSR count). The van der Waals surface area contributed by atoms with E-state index in [1.165, 1.54) is 0 Å². The number of ether oxygens (including phenoxy) is 2. The number of amides is 2. The highest BCUT2D eigenvalue weighted by Gasteiger charge is 2.75. The maximum atomic E-state index is 14.6. The number of fused-ring (bicyclic) bond motifs is 2. The Bertz CT molecular complexity index is 1180. The van der Waals surface area contributed by atoms with Crippen LogP contribution in [0.4, 0.5) is 0 Å². The average Bonchev–Trinajstić information content (AvgIpc) is 3.26. The van der Waals surface area contributed by atoms with Crippen molar-refractivity contribution in [3.05, 3.63) is 60.2 Å². The third kappa shape index (κ3) is 4.23. The fraction of sp³-hybridized carbons (Fsp3) is 0.581. The van der Waals surface area contributed by atoms with Crippen molar-refractivity contribution < 1.29 is 29.0 Å². The molecule has 208 valence electrons. The van der Waals surface area contributed by atoms with Gasteiger partial charge in [0.25, 0.3) is 0 Å². The van der Waals surface area contributed by atoms with Crippen LogP contribution in [0, 0.1) is 11.8 Å². The summed E-state index contributed by atoms with van der Waals surface area (Å²) in [6.07, 6.45) is 13.7. The van der Waals surface area contributed by atoms with Crippen LogP contribution < -0.4 is 0 Å². The van der Waals surface area contributed by atoms with Gasteiger partial charge in [-0.1, -0.05) is 73.9 Å². The molecule has 0 radical (unpaired) electrons. The largest absolute Gasteiger partial charge is 0.465 e. The number of hydrogen-bond donors (Lipinski definition) is 1. The number of aliphatic hydroxyl groups is 1. The summed E-state index contributed by atoms with van der Waals surface area (Å²) in [5.41, 5.74) is -1.48. The molecule has 3 fully saturated rings. The second-order valence-electron chi connectivity index (χ2n) is 11.8. The van der Waals surface area contributed by atoms with Crippen LogP contribution >= 0.6 is 0 Å². The Kier molecular flexibility index (Phi) is 6.88. The quantitative estimate of drug-likeness (QED) is 0.461. The van der Waals surface area contributed by atoms with E-state index in [-0.39, 0.29) is 31.1 Å². The molecule has 1 N–H and O–H groups in total. The number of nitrogens with zero attached hydrogens (tertiary/aromatic N) is 2.